The van der Waals surface area contributed by atoms with Crippen molar-refractivity contribution >= 4 is 11.9 Å². The zero-order valence-electron chi connectivity index (χ0n) is 36.6. The number of carbonyl (C=O) groups excluding carboxylic acids is 2. The third kappa shape index (κ3) is 14.5. The van der Waals surface area contributed by atoms with Gasteiger partial charge < -0.3 is 18.9 Å². The summed E-state index contributed by atoms with van der Waals surface area (Å²) in [6.07, 6.45) is 17.6. The second-order valence-electron chi connectivity index (χ2n) is 16.0. The van der Waals surface area contributed by atoms with Crippen molar-refractivity contribution in [2.45, 2.75) is 104 Å². The van der Waals surface area contributed by atoms with Crippen LogP contribution in [0.5, 0.6) is 23.0 Å². The molecule has 0 aliphatic heterocycles. The van der Waals surface area contributed by atoms with E-state index in [9.17, 15) is 9.59 Å². The molecule has 0 saturated heterocycles. The lowest BCUT2D eigenvalue weighted by atomic mass is 10.0. The topological polar surface area (TPSA) is 71.1 Å². The highest BCUT2D eigenvalue weighted by molar-refractivity contribution is 5.92. The first-order chi connectivity index (χ1) is 30.5. The summed E-state index contributed by atoms with van der Waals surface area (Å²) in [6.45, 7) is 5.96. The number of benzene rings is 6. The largest absolute Gasteiger partial charge is 0.494 e. The van der Waals surface area contributed by atoms with Crippen LogP contribution in [0.1, 0.15) is 124 Å². The molecule has 0 radical (unpaired) electrons. The highest BCUT2D eigenvalue weighted by Gasteiger charge is 2.13. The predicted molar refractivity (Wildman–Crippen MR) is 253 cm³/mol. The van der Waals surface area contributed by atoms with Crippen molar-refractivity contribution in [2.75, 3.05) is 13.2 Å². The number of unbranched alkanes of at least 4 members (excludes halogenated alkanes) is 12. The first kappa shape index (κ1) is 45.4. The third-order valence-electron chi connectivity index (χ3n) is 11.1. The Morgan fingerprint density at radius 1 is 0.339 bits per heavy atom. The van der Waals surface area contributed by atoms with Crippen LogP contribution in [-0.2, 0) is 0 Å². The van der Waals surface area contributed by atoms with E-state index in [0.717, 1.165) is 70.9 Å². The van der Waals surface area contributed by atoms with Gasteiger partial charge in [0.15, 0.2) is 0 Å². The average Bonchev–Trinajstić information content (AvgIpc) is 3.31. The van der Waals surface area contributed by atoms with Gasteiger partial charge in [-0.25, -0.2) is 9.59 Å². The van der Waals surface area contributed by atoms with Gasteiger partial charge in [0.25, 0.3) is 0 Å². The minimum Gasteiger partial charge on any atom is -0.494 e. The van der Waals surface area contributed by atoms with Crippen LogP contribution in [0.15, 0.2) is 146 Å². The van der Waals surface area contributed by atoms with Gasteiger partial charge in [0.05, 0.1) is 24.3 Å². The molecule has 0 N–H and O–H groups in total. The molecule has 0 aromatic heterocycles. The van der Waals surface area contributed by atoms with Crippen LogP contribution in [0.2, 0.25) is 0 Å². The second-order valence-corrected chi connectivity index (χ2v) is 16.0. The van der Waals surface area contributed by atoms with E-state index in [0.29, 0.717) is 22.6 Å². The van der Waals surface area contributed by atoms with Crippen LogP contribution in [0.3, 0.4) is 0 Å². The van der Waals surface area contributed by atoms with Crippen molar-refractivity contribution in [3.05, 3.63) is 157 Å². The molecule has 6 heteroatoms. The summed E-state index contributed by atoms with van der Waals surface area (Å²) in [5.41, 5.74) is 6.79. The lowest BCUT2D eigenvalue weighted by molar-refractivity contribution is 0.0725. The van der Waals surface area contributed by atoms with E-state index >= 15 is 0 Å². The average molecular weight is 831 g/mol. The maximum atomic E-state index is 13.1. The SMILES string of the molecule is CCCCCCCCCOc1ccc(-c2ccc(C(=O)Oc3ccc(-c4cccc(OC(=O)c5ccc(-c6ccc(OCCCCCCCCC)cc6)cc5)c4)cc3)cc2)cc1. The molecule has 0 fully saturated rings. The van der Waals surface area contributed by atoms with Gasteiger partial charge >= 0.3 is 11.9 Å². The molecule has 0 unspecified atom stereocenters. The summed E-state index contributed by atoms with van der Waals surface area (Å²) in [5.74, 6) is 1.75. The standard InChI is InChI=1S/C56H62O6/c1-3-5-7-9-11-13-15-40-59-51-34-28-45(29-35-51)43-20-24-48(25-21-43)55(57)61-53-38-32-47(33-39-53)50-18-17-19-54(42-50)62-56(58)49-26-22-44(23-27-49)46-30-36-52(37-31-46)60-41-16-14-12-10-8-6-4-2/h17-39,42H,3-16,40-41H2,1-2H3. The molecule has 0 amide bonds. The number of carbonyl (C=O) groups is 2. The molecule has 0 heterocycles. The number of esters is 2. The molecule has 6 nitrogen and oxygen atoms in total. The van der Waals surface area contributed by atoms with Gasteiger partial charge in [-0.1, -0.05) is 164 Å². The van der Waals surface area contributed by atoms with Gasteiger partial charge in [-0.15, -0.1) is 0 Å². The third-order valence-corrected chi connectivity index (χ3v) is 11.1. The van der Waals surface area contributed by atoms with Crippen LogP contribution in [0, 0.1) is 0 Å². The van der Waals surface area contributed by atoms with E-state index in [2.05, 4.69) is 13.8 Å². The fraction of sp³-hybridized carbons (Fsp3) is 0.321. The maximum Gasteiger partial charge on any atom is 0.343 e. The molecule has 0 saturated carbocycles. The number of hydrogen-bond donors (Lipinski definition) is 0. The highest BCUT2D eigenvalue weighted by atomic mass is 16.5. The Labute approximate surface area is 369 Å². The Kier molecular flexibility index (Phi) is 18.3. The van der Waals surface area contributed by atoms with Crippen molar-refractivity contribution in [3.8, 4) is 56.4 Å². The molecule has 6 rings (SSSR count). The van der Waals surface area contributed by atoms with Crippen molar-refractivity contribution in [2.24, 2.45) is 0 Å². The van der Waals surface area contributed by atoms with Gasteiger partial charge in [-0.05, 0) is 119 Å². The molecule has 0 aliphatic carbocycles. The predicted octanol–water partition coefficient (Wildman–Crippen LogP) is 15.4. The van der Waals surface area contributed by atoms with Gasteiger partial charge in [0, 0.05) is 0 Å². The maximum absolute atomic E-state index is 13.1. The van der Waals surface area contributed by atoms with Crippen LogP contribution in [-0.4, -0.2) is 25.2 Å². The molecular formula is C56H62O6. The molecule has 6 aromatic carbocycles. The lowest BCUT2D eigenvalue weighted by Gasteiger charge is -2.10. The van der Waals surface area contributed by atoms with E-state index < -0.39 is 11.9 Å². The Balaban J connectivity index is 0.936. The van der Waals surface area contributed by atoms with Crippen LogP contribution >= 0.6 is 0 Å². The van der Waals surface area contributed by atoms with Gasteiger partial charge in [0.1, 0.15) is 23.0 Å². The van der Waals surface area contributed by atoms with Crippen LogP contribution in [0.25, 0.3) is 33.4 Å². The van der Waals surface area contributed by atoms with Gasteiger partial charge in [-0.3, -0.25) is 0 Å². The summed E-state index contributed by atoms with van der Waals surface area (Å²) >= 11 is 0. The minimum absolute atomic E-state index is 0.433. The zero-order chi connectivity index (χ0) is 43.2. The minimum atomic E-state index is -0.435. The molecule has 0 aliphatic rings. The number of ether oxygens (including phenoxy) is 4. The smallest absolute Gasteiger partial charge is 0.343 e. The molecule has 62 heavy (non-hydrogen) atoms. The fourth-order valence-electron chi connectivity index (χ4n) is 7.37. The number of hydrogen-bond acceptors (Lipinski definition) is 6. The summed E-state index contributed by atoms with van der Waals surface area (Å²) in [7, 11) is 0. The fourth-order valence-corrected chi connectivity index (χ4v) is 7.37. The quantitative estimate of drug-likeness (QED) is 0.0325. The molecule has 0 spiro atoms. The molecular weight excluding hydrogens is 769 g/mol. The lowest BCUT2D eigenvalue weighted by Crippen LogP contribution is -2.08. The van der Waals surface area contributed by atoms with Gasteiger partial charge in [0.2, 0.25) is 0 Å². The second kappa shape index (κ2) is 25.0. The summed E-state index contributed by atoms with van der Waals surface area (Å²) in [6, 6.07) is 45.7. The Morgan fingerprint density at radius 3 is 1.10 bits per heavy atom. The summed E-state index contributed by atoms with van der Waals surface area (Å²) in [4.78, 5) is 26.1. The monoisotopic (exact) mass is 830 g/mol. The summed E-state index contributed by atoms with van der Waals surface area (Å²) < 4.78 is 23.4. The van der Waals surface area contributed by atoms with Crippen molar-refractivity contribution in [3.63, 3.8) is 0 Å². The van der Waals surface area contributed by atoms with E-state index in [1.54, 1.807) is 42.5 Å². The molecule has 0 bridgehead atoms. The molecule has 322 valence electrons. The van der Waals surface area contributed by atoms with Crippen molar-refractivity contribution in [1.82, 2.24) is 0 Å². The van der Waals surface area contributed by atoms with Crippen molar-refractivity contribution < 1.29 is 28.5 Å². The van der Waals surface area contributed by atoms with E-state index in [4.69, 9.17) is 18.9 Å². The van der Waals surface area contributed by atoms with Crippen LogP contribution < -0.4 is 18.9 Å². The summed E-state index contributed by atoms with van der Waals surface area (Å²) in [5, 5.41) is 0. The normalized spacial score (nSPS) is 10.9. The van der Waals surface area contributed by atoms with Crippen molar-refractivity contribution in [1.29, 1.82) is 0 Å². The van der Waals surface area contributed by atoms with Crippen LogP contribution in [0.4, 0.5) is 0 Å². The first-order valence-corrected chi connectivity index (χ1v) is 22.8. The molecule has 0 atom stereocenters. The van der Waals surface area contributed by atoms with E-state index in [-0.39, 0.29) is 0 Å². The van der Waals surface area contributed by atoms with E-state index in [1.165, 1.54) is 77.0 Å². The Hall–Kier alpha value is -6.14. The Morgan fingerprint density at radius 2 is 0.677 bits per heavy atom. The highest BCUT2D eigenvalue weighted by Crippen LogP contribution is 2.29. The zero-order valence-corrected chi connectivity index (χ0v) is 36.6. The van der Waals surface area contributed by atoms with Gasteiger partial charge in [-0.2, -0.15) is 0 Å². The van der Waals surface area contributed by atoms with E-state index in [1.807, 2.05) is 103 Å². The Bertz CT molecular complexity index is 2220. The first-order valence-electron chi connectivity index (χ1n) is 22.8. The number of rotatable bonds is 25. The molecule has 6 aromatic rings.